The second-order valence-corrected chi connectivity index (χ2v) is 12.2. The standard InChI is InChI=1S/C30H38N5O3/c1-30(2,3)21-9-7-20(8-10-21)29(37)35-18-24-23(25(24)19-35)15-31-28(36)26-5-4-6-27(32-26)34-16-22(17-34)33-11-13-38-14-12-33/h4,6-10,22-25H,11-19H2,1-3H3,(H,31,36). The highest BCUT2D eigenvalue weighted by atomic mass is 16.5. The molecule has 0 bridgehead atoms. The van der Waals surface area contributed by atoms with Crippen molar-refractivity contribution < 1.29 is 14.3 Å². The lowest BCUT2D eigenvalue weighted by atomic mass is 9.86. The van der Waals surface area contributed by atoms with Crippen LogP contribution in [0.15, 0.2) is 36.4 Å². The fourth-order valence-corrected chi connectivity index (χ4v) is 6.20. The van der Waals surface area contributed by atoms with Crippen molar-refractivity contribution in [1.82, 2.24) is 20.1 Å². The largest absolute Gasteiger partial charge is 0.379 e. The van der Waals surface area contributed by atoms with Crippen molar-refractivity contribution in [2.45, 2.75) is 32.2 Å². The Morgan fingerprint density at radius 2 is 1.71 bits per heavy atom. The smallest absolute Gasteiger partial charge is 0.270 e. The molecular formula is C30H38N5O3. The highest BCUT2D eigenvalue weighted by Crippen LogP contribution is 2.51. The lowest BCUT2D eigenvalue weighted by Gasteiger charge is -2.47. The number of aromatic nitrogens is 1. The zero-order valence-corrected chi connectivity index (χ0v) is 22.7. The first-order chi connectivity index (χ1) is 18.3. The number of hydrogen-bond donors (Lipinski definition) is 1. The SMILES string of the molecule is CC(C)(C)c1ccc(C(=O)N2CC3C(CNC(=O)c4[c]ccc(N5CC(N6CCOCC6)C5)n4)C3C2)cc1. The molecule has 4 fully saturated rings. The first-order valence-electron chi connectivity index (χ1n) is 13.9. The maximum atomic E-state index is 13.0. The molecule has 2 aromatic rings. The molecule has 3 saturated heterocycles. The number of nitrogens with one attached hydrogen (secondary N) is 1. The van der Waals surface area contributed by atoms with Crippen LogP contribution in [0.5, 0.6) is 0 Å². The van der Waals surface area contributed by atoms with E-state index in [1.807, 2.05) is 23.1 Å². The van der Waals surface area contributed by atoms with Gasteiger partial charge in [-0.2, -0.15) is 0 Å². The molecule has 2 atom stereocenters. The molecule has 201 valence electrons. The number of carbonyl (C=O) groups excluding carboxylic acids is 2. The van der Waals surface area contributed by atoms with Crippen LogP contribution in [0.4, 0.5) is 5.82 Å². The van der Waals surface area contributed by atoms with Gasteiger partial charge in [0.1, 0.15) is 11.5 Å². The van der Waals surface area contributed by atoms with Crippen molar-refractivity contribution in [2.24, 2.45) is 17.8 Å². The minimum atomic E-state index is -0.172. The number of hydrogen-bond acceptors (Lipinski definition) is 6. The van der Waals surface area contributed by atoms with Gasteiger partial charge in [0.25, 0.3) is 11.8 Å². The Morgan fingerprint density at radius 1 is 1.03 bits per heavy atom. The van der Waals surface area contributed by atoms with E-state index in [4.69, 9.17) is 4.74 Å². The first kappa shape index (κ1) is 25.3. The minimum Gasteiger partial charge on any atom is -0.379 e. The van der Waals surface area contributed by atoms with Crippen LogP contribution < -0.4 is 10.2 Å². The fraction of sp³-hybridized carbons (Fsp3) is 0.567. The summed E-state index contributed by atoms with van der Waals surface area (Å²) in [6.07, 6.45) is 0. The molecule has 1 saturated carbocycles. The Balaban J connectivity index is 0.959. The van der Waals surface area contributed by atoms with Gasteiger partial charge in [0.05, 0.1) is 13.2 Å². The number of ether oxygens (including phenoxy) is 1. The van der Waals surface area contributed by atoms with Gasteiger partial charge in [-0.25, -0.2) is 4.98 Å². The van der Waals surface area contributed by atoms with E-state index >= 15 is 0 Å². The molecular weight excluding hydrogens is 478 g/mol. The minimum absolute atomic E-state index is 0.0735. The normalized spacial score (nSPS) is 25.6. The molecule has 6 rings (SSSR count). The van der Waals surface area contributed by atoms with Gasteiger partial charge < -0.3 is 19.9 Å². The van der Waals surface area contributed by atoms with Gasteiger partial charge in [0.2, 0.25) is 0 Å². The molecule has 4 aliphatic rings. The number of nitrogens with zero attached hydrogens (tertiary/aromatic N) is 4. The predicted octanol–water partition coefficient (Wildman–Crippen LogP) is 2.45. The van der Waals surface area contributed by atoms with Crippen LogP contribution in [0.3, 0.4) is 0 Å². The van der Waals surface area contributed by atoms with Crippen molar-refractivity contribution in [3.8, 4) is 0 Å². The molecule has 2 unspecified atom stereocenters. The zero-order valence-electron chi connectivity index (χ0n) is 22.7. The number of anilines is 1. The molecule has 1 aromatic carbocycles. The molecule has 2 amide bonds. The summed E-state index contributed by atoms with van der Waals surface area (Å²) in [6, 6.07) is 15.3. The highest BCUT2D eigenvalue weighted by molar-refractivity contribution is 5.94. The lowest BCUT2D eigenvalue weighted by Crippen LogP contribution is -2.61. The van der Waals surface area contributed by atoms with Crippen molar-refractivity contribution in [2.75, 3.05) is 63.9 Å². The van der Waals surface area contributed by atoms with E-state index in [1.165, 1.54) is 5.56 Å². The van der Waals surface area contributed by atoms with Gasteiger partial charge in [-0.05, 0) is 53.0 Å². The van der Waals surface area contributed by atoms with Crippen molar-refractivity contribution in [3.05, 3.63) is 59.3 Å². The van der Waals surface area contributed by atoms with E-state index in [2.05, 4.69) is 59.1 Å². The topological polar surface area (TPSA) is 78.0 Å². The number of morpholine rings is 1. The number of rotatable bonds is 6. The first-order valence-corrected chi connectivity index (χ1v) is 13.9. The Morgan fingerprint density at radius 3 is 2.37 bits per heavy atom. The number of benzene rings is 1. The number of piperidine rings is 1. The summed E-state index contributed by atoms with van der Waals surface area (Å²) in [4.78, 5) is 37.1. The lowest BCUT2D eigenvalue weighted by molar-refractivity contribution is 0.0104. The Bertz CT molecular complexity index is 1170. The van der Waals surface area contributed by atoms with Crippen molar-refractivity contribution in [1.29, 1.82) is 0 Å². The third kappa shape index (κ3) is 5.04. The molecule has 38 heavy (non-hydrogen) atoms. The molecule has 1 aromatic heterocycles. The van der Waals surface area contributed by atoms with Crippen LogP contribution >= 0.6 is 0 Å². The third-order valence-corrected chi connectivity index (χ3v) is 8.80. The van der Waals surface area contributed by atoms with E-state index in [1.54, 1.807) is 6.07 Å². The van der Waals surface area contributed by atoms with Gasteiger partial charge in [-0.3, -0.25) is 14.5 Å². The van der Waals surface area contributed by atoms with Crippen molar-refractivity contribution >= 4 is 17.6 Å². The number of carbonyl (C=O) groups is 2. The second kappa shape index (κ2) is 9.97. The van der Waals surface area contributed by atoms with E-state index in [9.17, 15) is 9.59 Å². The maximum absolute atomic E-state index is 13.0. The Hall–Kier alpha value is -2.97. The van der Waals surface area contributed by atoms with Crippen LogP contribution in [-0.4, -0.2) is 91.7 Å². The van der Waals surface area contributed by atoms with Gasteiger partial charge in [-0.15, -0.1) is 0 Å². The number of pyridine rings is 1. The van der Waals surface area contributed by atoms with Gasteiger partial charge in [0, 0.05) is 63.5 Å². The average molecular weight is 517 g/mol. The second-order valence-electron chi connectivity index (χ2n) is 12.2. The predicted molar refractivity (Wildman–Crippen MR) is 145 cm³/mol. The molecule has 1 aliphatic carbocycles. The molecule has 3 aliphatic heterocycles. The molecule has 4 heterocycles. The number of fused-ring (bicyclic) bond motifs is 1. The van der Waals surface area contributed by atoms with E-state index < -0.39 is 0 Å². The maximum Gasteiger partial charge on any atom is 0.270 e. The molecule has 1 N–H and O–H groups in total. The summed E-state index contributed by atoms with van der Waals surface area (Å²) >= 11 is 0. The van der Waals surface area contributed by atoms with Crippen LogP contribution in [-0.2, 0) is 10.2 Å². The van der Waals surface area contributed by atoms with E-state index in [-0.39, 0.29) is 17.2 Å². The highest BCUT2D eigenvalue weighted by Gasteiger charge is 2.56. The van der Waals surface area contributed by atoms with Gasteiger partial charge in [0.15, 0.2) is 0 Å². The summed E-state index contributed by atoms with van der Waals surface area (Å²) in [5, 5.41) is 3.07. The quantitative estimate of drug-likeness (QED) is 0.636. The summed E-state index contributed by atoms with van der Waals surface area (Å²) in [5.74, 6) is 2.14. The zero-order chi connectivity index (χ0) is 26.4. The van der Waals surface area contributed by atoms with Crippen LogP contribution in [0.25, 0.3) is 0 Å². The summed E-state index contributed by atoms with van der Waals surface area (Å²) in [6.45, 7) is 14.1. The van der Waals surface area contributed by atoms with Gasteiger partial charge in [-0.1, -0.05) is 32.9 Å². The van der Waals surface area contributed by atoms with E-state index in [0.717, 1.165) is 63.9 Å². The van der Waals surface area contributed by atoms with Crippen LogP contribution in [0.2, 0.25) is 0 Å². The molecule has 8 nitrogen and oxygen atoms in total. The number of likely N-dealkylation sites (tertiary alicyclic amines) is 1. The Labute approximate surface area is 225 Å². The van der Waals surface area contributed by atoms with Crippen LogP contribution in [0.1, 0.15) is 47.2 Å². The van der Waals surface area contributed by atoms with Crippen molar-refractivity contribution in [3.63, 3.8) is 0 Å². The summed E-state index contributed by atoms with van der Waals surface area (Å²) in [7, 11) is 0. The summed E-state index contributed by atoms with van der Waals surface area (Å²) < 4.78 is 5.45. The molecule has 8 heteroatoms. The number of amides is 2. The third-order valence-electron chi connectivity index (χ3n) is 8.80. The summed E-state index contributed by atoms with van der Waals surface area (Å²) in [5.41, 5.74) is 2.40. The fourth-order valence-electron chi connectivity index (χ4n) is 6.20. The molecule has 1 radical (unpaired) electrons. The van der Waals surface area contributed by atoms with Gasteiger partial charge >= 0.3 is 0 Å². The molecule has 0 spiro atoms. The average Bonchev–Trinajstić information content (AvgIpc) is 3.34. The van der Waals surface area contributed by atoms with E-state index in [0.29, 0.717) is 36.0 Å². The van der Waals surface area contributed by atoms with Crippen LogP contribution in [0, 0.1) is 23.8 Å². The Kier molecular flexibility index (Phi) is 6.64. The monoisotopic (exact) mass is 516 g/mol.